The van der Waals surface area contributed by atoms with E-state index in [0.717, 1.165) is 3.57 Å². The number of nitrogens with zero attached hydrogens (tertiary/aromatic N) is 1. The van der Waals surface area contributed by atoms with E-state index in [9.17, 15) is 9.59 Å². The van der Waals surface area contributed by atoms with Crippen LogP contribution in [0.5, 0.6) is 0 Å². The van der Waals surface area contributed by atoms with Crippen LogP contribution in [0.1, 0.15) is 16.2 Å². The summed E-state index contributed by atoms with van der Waals surface area (Å²) in [4.78, 5) is 30.8. The maximum Gasteiger partial charge on any atom is 0.338 e. The minimum Gasteiger partial charge on any atom is -0.454 e. The highest BCUT2D eigenvalue weighted by molar-refractivity contribution is 14.1. The van der Waals surface area contributed by atoms with E-state index < -0.39 is 5.97 Å². The molecular weight excluding hydrogens is 395 g/mol. The van der Waals surface area contributed by atoms with Crippen LogP contribution in [0.2, 0.25) is 0 Å². The van der Waals surface area contributed by atoms with Crippen molar-refractivity contribution in [1.29, 1.82) is 0 Å². The van der Waals surface area contributed by atoms with E-state index in [4.69, 9.17) is 4.74 Å². The van der Waals surface area contributed by atoms with Gasteiger partial charge in [0.2, 0.25) is 0 Å². The van der Waals surface area contributed by atoms with Crippen molar-refractivity contribution in [1.82, 2.24) is 9.97 Å². The van der Waals surface area contributed by atoms with Gasteiger partial charge in [-0.2, -0.15) is 0 Å². The molecule has 0 amide bonds. The summed E-state index contributed by atoms with van der Waals surface area (Å²) < 4.78 is 6.15. The van der Waals surface area contributed by atoms with Gasteiger partial charge in [-0.15, -0.1) is 0 Å². The van der Waals surface area contributed by atoms with Gasteiger partial charge in [-0.1, -0.05) is 18.2 Å². The number of para-hydroxylation sites is 1. The number of hydrogen-bond donors (Lipinski definition) is 1. The van der Waals surface area contributed by atoms with E-state index in [1.807, 2.05) is 6.07 Å². The second-order valence-corrected chi connectivity index (χ2v) is 5.86. The third kappa shape index (κ3) is 3.16. The van der Waals surface area contributed by atoms with E-state index in [-0.39, 0.29) is 12.2 Å². The molecule has 1 N–H and O–H groups in total. The average Bonchev–Trinajstić information content (AvgIpc) is 2.53. The van der Waals surface area contributed by atoms with Crippen LogP contribution in [-0.2, 0) is 11.3 Å². The molecule has 0 saturated carbocycles. The first-order chi connectivity index (χ1) is 10.6. The monoisotopic (exact) mass is 406 g/mol. The molecule has 0 bridgehead atoms. The summed E-state index contributed by atoms with van der Waals surface area (Å²) in [6, 6.07) is 14.1. The number of fused-ring (bicyclic) bond motifs is 1. The van der Waals surface area contributed by atoms with Crippen LogP contribution in [0, 0.1) is 3.57 Å². The predicted molar refractivity (Wildman–Crippen MR) is 90.6 cm³/mol. The highest BCUT2D eigenvalue weighted by Crippen LogP contribution is 2.10. The Balaban J connectivity index is 1.79. The first kappa shape index (κ1) is 14.7. The smallest absolute Gasteiger partial charge is 0.338 e. The topological polar surface area (TPSA) is 72.0 Å². The fourth-order valence-electron chi connectivity index (χ4n) is 2.04. The summed E-state index contributed by atoms with van der Waals surface area (Å²) in [5.74, 6) is -0.128. The zero-order chi connectivity index (χ0) is 15.5. The molecule has 0 aliphatic heterocycles. The second-order valence-electron chi connectivity index (χ2n) is 4.62. The summed E-state index contributed by atoms with van der Waals surface area (Å²) in [6.07, 6.45) is 0. The quantitative estimate of drug-likeness (QED) is 0.537. The molecule has 0 spiro atoms. The minimum absolute atomic E-state index is 0.0790. The number of H-pyrrole nitrogens is 1. The second kappa shape index (κ2) is 6.27. The minimum atomic E-state index is -0.450. The average molecular weight is 406 g/mol. The molecule has 3 rings (SSSR count). The molecule has 110 valence electrons. The number of carbonyl (C=O) groups is 1. The highest BCUT2D eigenvalue weighted by Gasteiger charge is 2.09. The van der Waals surface area contributed by atoms with Gasteiger partial charge in [-0.25, -0.2) is 9.78 Å². The molecule has 0 aliphatic rings. The van der Waals surface area contributed by atoms with Crippen LogP contribution in [0.3, 0.4) is 0 Å². The Kier molecular flexibility index (Phi) is 4.19. The van der Waals surface area contributed by atoms with Crippen LogP contribution in [0.4, 0.5) is 0 Å². The summed E-state index contributed by atoms with van der Waals surface area (Å²) in [5, 5.41) is 0.509. The third-order valence-electron chi connectivity index (χ3n) is 3.06. The lowest BCUT2D eigenvalue weighted by Gasteiger charge is -2.05. The van der Waals surface area contributed by atoms with Gasteiger partial charge < -0.3 is 9.72 Å². The zero-order valence-electron chi connectivity index (χ0n) is 11.4. The van der Waals surface area contributed by atoms with Crippen molar-refractivity contribution >= 4 is 39.5 Å². The number of aromatic amines is 1. The number of aromatic nitrogens is 2. The summed E-state index contributed by atoms with van der Waals surface area (Å²) in [7, 11) is 0. The first-order valence-electron chi connectivity index (χ1n) is 6.54. The van der Waals surface area contributed by atoms with Gasteiger partial charge in [0.05, 0.1) is 16.5 Å². The summed E-state index contributed by atoms with van der Waals surface area (Å²) >= 11 is 2.12. The molecule has 0 unspecified atom stereocenters. The van der Waals surface area contributed by atoms with Crippen LogP contribution in [0.15, 0.2) is 53.3 Å². The Labute approximate surface area is 139 Å². The molecule has 6 heteroatoms. The fourth-order valence-corrected chi connectivity index (χ4v) is 2.58. The van der Waals surface area contributed by atoms with Crippen molar-refractivity contribution < 1.29 is 9.53 Å². The number of ether oxygens (including phenoxy) is 1. The van der Waals surface area contributed by atoms with Crippen LogP contribution in [0.25, 0.3) is 10.9 Å². The first-order valence-corrected chi connectivity index (χ1v) is 7.62. The van der Waals surface area contributed by atoms with Crippen molar-refractivity contribution in [2.24, 2.45) is 0 Å². The highest BCUT2D eigenvalue weighted by atomic mass is 127. The predicted octanol–water partition coefficient (Wildman–Crippen LogP) is 2.88. The molecule has 0 radical (unpaired) electrons. The van der Waals surface area contributed by atoms with E-state index in [1.165, 1.54) is 0 Å². The number of esters is 1. The maximum atomic E-state index is 12.0. The van der Waals surface area contributed by atoms with Gasteiger partial charge >= 0.3 is 5.97 Å². The lowest BCUT2D eigenvalue weighted by Crippen LogP contribution is -2.14. The van der Waals surface area contributed by atoms with Crippen molar-refractivity contribution in [2.75, 3.05) is 0 Å². The Morgan fingerprint density at radius 2 is 2.00 bits per heavy atom. The molecule has 5 nitrogen and oxygen atoms in total. The lowest BCUT2D eigenvalue weighted by molar-refractivity contribution is 0.0462. The number of halogens is 1. The largest absolute Gasteiger partial charge is 0.454 e. The number of rotatable bonds is 3. The Morgan fingerprint density at radius 3 is 2.82 bits per heavy atom. The summed E-state index contributed by atoms with van der Waals surface area (Å²) in [5.41, 5.74) is 0.799. The standard InChI is InChI=1S/C16H11IN2O3/c17-11-5-3-4-10(8-11)16(21)22-9-14-18-13-7-2-1-6-12(13)15(20)19-14/h1-8H,9H2,(H,18,19,20). The molecule has 1 heterocycles. The van der Waals surface area contributed by atoms with Crippen molar-refractivity contribution in [3.63, 3.8) is 0 Å². The molecule has 3 aromatic rings. The molecule has 0 atom stereocenters. The SMILES string of the molecule is O=C(OCc1nc2ccccc2c(=O)[nH]1)c1cccc(I)c1. The van der Waals surface area contributed by atoms with Gasteiger partial charge in [0.15, 0.2) is 0 Å². The van der Waals surface area contributed by atoms with Crippen molar-refractivity contribution in [2.45, 2.75) is 6.61 Å². The van der Waals surface area contributed by atoms with Crippen molar-refractivity contribution in [3.05, 3.63) is 73.8 Å². The molecule has 0 aliphatic carbocycles. The van der Waals surface area contributed by atoms with Crippen LogP contribution in [-0.4, -0.2) is 15.9 Å². The molecule has 2 aromatic carbocycles. The molecule has 0 fully saturated rings. The Morgan fingerprint density at radius 1 is 1.18 bits per heavy atom. The number of nitrogens with one attached hydrogen (secondary N) is 1. The molecule has 0 saturated heterocycles. The van der Waals surface area contributed by atoms with Gasteiger partial charge in [-0.3, -0.25) is 4.79 Å². The lowest BCUT2D eigenvalue weighted by atomic mass is 10.2. The summed E-state index contributed by atoms with van der Waals surface area (Å²) in [6.45, 7) is -0.0790. The molecule has 22 heavy (non-hydrogen) atoms. The van der Waals surface area contributed by atoms with Crippen molar-refractivity contribution in [3.8, 4) is 0 Å². The van der Waals surface area contributed by atoms with Crippen LogP contribution >= 0.6 is 22.6 Å². The normalized spacial score (nSPS) is 10.6. The zero-order valence-corrected chi connectivity index (χ0v) is 13.5. The van der Waals surface area contributed by atoms with E-state index in [0.29, 0.717) is 22.3 Å². The third-order valence-corrected chi connectivity index (χ3v) is 3.73. The van der Waals surface area contributed by atoms with E-state index in [2.05, 4.69) is 32.6 Å². The van der Waals surface area contributed by atoms with E-state index in [1.54, 1.807) is 42.5 Å². The van der Waals surface area contributed by atoms with Crippen LogP contribution < -0.4 is 5.56 Å². The Hall–Kier alpha value is -2.22. The van der Waals surface area contributed by atoms with Gasteiger partial charge in [0, 0.05) is 3.57 Å². The van der Waals surface area contributed by atoms with Gasteiger partial charge in [0.25, 0.3) is 5.56 Å². The van der Waals surface area contributed by atoms with E-state index >= 15 is 0 Å². The van der Waals surface area contributed by atoms with Gasteiger partial charge in [0.1, 0.15) is 12.4 Å². The molecular formula is C16H11IN2O3. The Bertz CT molecular complexity index is 905. The maximum absolute atomic E-state index is 12.0. The molecule has 1 aromatic heterocycles. The fraction of sp³-hybridized carbons (Fsp3) is 0.0625. The number of hydrogen-bond acceptors (Lipinski definition) is 4. The number of benzene rings is 2. The number of carbonyl (C=O) groups excluding carboxylic acids is 1. The van der Waals surface area contributed by atoms with Gasteiger partial charge in [-0.05, 0) is 52.9 Å².